The minimum absolute atomic E-state index is 0.165. The van der Waals surface area contributed by atoms with Crippen LogP contribution in [0.25, 0.3) is 11.4 Å². The van der Waals surface area contributed by atoms with Gasteiger partial charge in [-0.3, -0.25) is 4.79 Å². The highest BCUT2D eigenvalue weighted by molar-refractivity contribution is 7.99. The number of aromatic nitrogens is 4. The van der Waals surface area contributed by atoms with Crippen LogP contribution in [0, 0.1) is 12.8 Å². The fourth-order valence-electron chi connectivity index (χ4n) is 3.66. The van der Waals surface area contributed by atoms with Gasteiger partial charge in [-0.1, -0.05) is 30.0 Å². The van der Waals surface area contributed by atoms with Crippen molar-refractivity contribution >= 4 is 51.4 Å². The number of thiophene rings is 1. The largest absolute Gasteiger partial charge is 0.462 e. The minimum Gasteiger partial charge on any atom is -0.462 e. The predicted octanol–water partition coefficient (Wildman–Crippen LogP) is 4.34. The Morgan fingerprint density at radius 1 is 1.38 bits per heavy atom. The number of thioether (sulfide) groups is 1. The highest BCUT2D eigenvalue weighted by Crippen LogP contribution is 2.38. The number of esters is 1. The Hall–Kier alpha value is -2.24. The number of thiazole rings is 1. The number of aryl methyl sites for hydroxylation is 1. The Morgan fingerprint density at radius 3 is 2.97 bits per heavy atom. The van der Waals surface area contributed by atoms with Crippen molar-refractivity contribution in [2.24, 2.45) is 13.0 Å². The molecule has 0 radical (unpaired) electrons. The van der Waals surface area contributed by atoms with Gasteiger partial charge in [-0.05, 0) is 44.6 Å². The van der Waals surface area contributed by atoms with Crippen LogP contribution in [-0.4, -0.2) is 44.0 Å². The van der Waals surface area contributed by atoms with Crippen molar-refractivity contribution in [2.45, 2.75) is 45.2 Å². The average Bonchev–Trinajstić information content (AvgIpc) is 3.43. The summed E-state index contributed by atoms with van der Waals surface area (Å²) in [7, 11) is 1.93. The Bertz CT molecular complexity index is 1150. The second-order valence-electron chi connectivity index (χ2n) is 7.76. The summed E-state index contributed by atoms with van der Waals surface area (Å²) in [6.07, 6.45) is 3.41. The predicted molar refractivity (Wildman–Crippen MR) is 128 cm³/mol. The Kier molecular flexibility index (Phi) is 6.96. The maximum absolute atomic E-state index is 12.4. The second-order valence-corrected chi connectivity index (χ2v) is 10.7. The number of amides is 1. The summed E-state index contributed by atoms with van der Waals surface area (Å²) >= 11 is 4.24. The number of ether oxygens (including phenoxy) is 1. The molecule has 0 unspecified atom stereocenters. The Morgan fingerprint density at radius 2 is 2.19 bits per heavy atom. The molecule has 1 aliphatic rings. The molecule has 170 valence electrons. The number of anilines is 1. The molecule has 0 saturated carbocycles. The third kappa shape index (κ3) is 4.74. The smallest absolute Gasteiger partial charge is 0.350 e. The normalized spacial score (nSPS) is 15.4. The summed E-state index contributed by atoms with van der Waals surface area (Å²) in [4.78, 5) is 30.5. The first kappa shape index (κ1) is 22.9. The summed E-state index contributed by atoms with van der Waals surface area (Å²) in [5.74, 6) is 1.10. The quantitative estimate of drug-likeness (QED) is 0.388. The summed E-state index contributed by atoms with van der Waals surface area (Å²) in [5.41, 5.74) is 3.10. The highest BCUT2D eigenvalue weighted by Gasteiger charge is 2.24. The maximum Gasteiger partial charge on any atom is 0.350 e. The van der Waals surface area contributed by atoms with Crippen molar-refractivity contribution in [1.29, 1.82) is 0 Å². The molecule has 4 rings (SSSR count). The van der Waals surface area contributed by atoms with E-state index in [1.54, 1.807) is 25.2 Å². The van der Waals surface area contributed by atoms with Crippen LogP contribution in [-0.2, 0) is 29.4 Å². The van der Waals surface area contributed by atoms with E-state index < -0.39 is 5.97 Å². The van der Waals surface area contributed by atoms with Crippen LogP contribution in [0.15, 0.2) is 10.5 Å². The molecule has 32 heavy (non-hydrogen) atoms. The monoisotopic (exact) mass is 491 g/mol. The molecule has 1 atom stereocenters. The molecule has 0 bridgehead atoms. The van der Waals surface area contributed by atoms with E-state index in [-0.39, 0.29) is 11.7 Å². The molecule has 0 saturated heterocycles. The first-order valence-corrected chi connectivity index (χ1v) is 13.1. The van der Waals surface area contributed by atoms with Gasteiger partial charge in [0.1, 0.15) is 4.88 Å². The van der Waals surface area contributed by atoms with Crippen LogP contribution in [0.5, 0.6) is 0 Å². The van der Waals surface area contributed by atoms with E-state index in [2.05, 4.69) is 32.8 Å². The van der Waals surface area contributed by atoms with Gasteiger partial charge in [0.05, 0.1) is 18.1 Å². The molecule has 8 nitrogen and oxygen atoms in total. The van der Waals surface area contributed by atoms with Crippen molar-refractivity contribution in [3.05, 3.63) is 26.4 Å². The summed E-state index contributed by atoms with van der Waals surface area (Å²) in [6, 6.07) is 0. The van der Waals surface area contributed by atoms with Gasteiger partial charge < -0.3 is 14.6 Å². The SMILES string of the molecule is CCOC(=O)c1sc(NC(=O)CSc2nnc(-c3csc4c3CC[C@@H](C)C4)n2C)nc1C. The third-order valence-corrected chi connectivity index (χ3v) is 8.44. The van der Waals surface area contributed by atoms with Gasteiger partial charge in [-0.2, -0.15) is 0 Å². The molecule has 3 aromatic heterocycles. The number of carbonyl (C=O) groups excluding carboxylic acids is 2. The zero-order chi connectivity index (χ0) is 22.8. The first-order valence-electron chi connectivity index (χ1n) is 10.4. The lowest BCUT2D eigenvalue weighted by molar-refractivity contribution is -0.113. The van der Waals surface area contributed by atoms with E-state index in [1.165, 1.54) is 28.6 Å². The molecule has 0 aromatic carbocycles. The second kappa shape index (κ2) is 9.72. The molecule has 1 amide bonds. The lowest BCUT2D eigenvalue weighted by Gasteiger charge is -2.18. The van der Waals surface area contributed by atoms with E-state index in [4.69, 9.17) is 4.74 Å². The highest BCUT2D eigenvalue weighted by atomic mass is 32.2. The van der Waals surface area contributed by atoms with Crippen molar-refractivity contribution in [2.75, 3.05) is 17.7 Å². The fourth-order valence-corrected chi connectivity index (χ4v) is 6.49. The van der Waals surface area contributed by atoms with Gasteiger partial charge in [-0.25, -0.2) is 9.78 Å². The van der Waals surface area contributed by atoms with Crippen LogP contribution in [0.1, 0.15) is 46.1 Å². The number of rotatable bonds is 7. The van der Waals surface area contributed by atoms with E-state index in [0.717, 1.165) is 41.5 Å². The van der Waals surface area contributed by atoms with Crippen LogP contribution in [0.4, 0.5) is 5.13 Å². The lowest BCUT2D eigenvalue weighted by atomic mass is 9.88. The molecular weight excluding hydrogens is 466 g/mol. The van der Waals surface area contributed by atoms with Gasteiger partial charge in [-0.15, -0.1) is 21.5 Å². The molecule has 0 spiro atoms. The number of hydrogen-bond donors (Lipinski definition) is 1. The number of fused-ring (bicyclic) bond motifs is 1. The maximum atomic E-state index is 12.4. The average molecular weight is 492 g/mol. The van der Waals surface area contributed by atoms with E-state index >= 15 is 0 Å². The molecule has 11 heteroatoms. The lowest BCUT2D eigenvalue weighted by Crippen LogP contribution is -2.14. The molecule has 0 fully saturated rings. The molecule has 0 aliphatic heterocycles. The molecule has 3 aromatic rings. The van der Waals surface area contributed by atoms with Gasteiger partial charge >= 0.3 is 5.97 Å². The first-order chi connectivity index (χ1) is 15.4. The minimum atomic E-state index is -0.422. The molecule has 1 N–H and O–H groups in total. The van der Waals surface area contributed by atoms with E-state index in [1.807, 2.05) is 11.6 Å². The molecular formula is C21H25N5O3S3. The third-order valence-electron chi connectivity index (χ3n) is 5.31. The van der Waals surface area contributed by atoms with E-state index in [0.29, 0.717) is 27.5 Å². The number of nitrogens with zero attached hydrogens (tertiary/aromatic N) is 4. The summed E-state index contributed by atoms with van der Waals surface area (Å²) in [6.45, 7) is 6.06. The van der Waals surface area contributed by atoms with Crippen LogP contribution >= 0.6 is 34.4 Å². The zero-order valence-electron chi connectivity index (χ0n) is 18.4. The van der Waals surface area contributed by atoms with Crippen LogP contribution in [0.3, 0.4) is 0 Å². The zero-order valence-corrected chi connectivity index (χ0v) is 20.9. The van der Waals surface area contributed by atoms with Crippen molar-refractivity contribution in [1.82, 2.24) is 19.7 Å². The molecule has 3 heterocycles. The van der Waals surface area contributed by atoms with Gasteiger partial charge in [0.2, 0.25) is 5.91 Å². The van der Waals surface area contributed by atoms with Gasteiger partial charge in [0.15, 0.2) is 16.1 Å². The van der Waals surface area contributed by atoms with Crippen molar-refractivity contribution in [3.8, 4) is 11.4 Å². The van der Waals surface area contributed by atoms with Crippen LogP contribution in [0.2, 0.25) is 0 Å². The van der Waals surface area contributed by atoms with Gasteiger partial charge in [0.25, 0.3) is 0 Å². The summed E-state index contributed by atoms with van der Waals surface area (Å²) in [5, 5.41) is 14.7. The number of carbonyl (C=O) groups is 2. The van der Waals surface area contributed by atoms with E-state index in [9.17, 15) is 9.59 Å². The van der Waals surface area contributed by atoms with Gasteiger partial charge in [0, 0.05) is 22.9 Å². The summed E-state index contributed by atoms with van der Waals surface area (Å²) < 4.78 is 6.96. The van der Waals surface area contributed by atoms with Crippen molar-refractivity contribution < 1.29 is 14.3 Å². The fraction of sp³-hybridized carbons (Fsp3) is 0.476. The number of hydrogen-bond acceptors (Lipinski definition) is 9. The standard InChI is InChI=1S/C21H25N5O3S3/c1-5-29-19(28)17-12(3)22-20(32-17)23-16(27)10-31-21-25-24-18(26(21)4)14-9-30-15-8-11(2)6-7-13(14)15/h9,11H,5-8,10H2,1-4H3,(H,22,23,27)/t11-/m1/s1. The Balaban J connectivity index is 1.39. The molecule has 1 aliphatic carbocycles. The Labute approximate surface area is 198 Å². The topological polar surface area (TPSA) is 99.0 Å². The number of nitrogens with one attached hydrogen (secondary N) is 1. The van der Waals surface area contributed by atoms with Crippen LogP contribution < -0.4 is 5.32 Å². The van der Waals surface area contributed by atoms with Crippen molar-refractivity contribution in [3.63, 3.8) is 0 Å².